The summed E-state index contributed by atoms with van der Waals surface area (Å²) >= 11 is 0. The second kappa shape index (κ2) is 8.47. The molecule has 4 rings (SSSR count). The summed E-state index contributed by atoms with van der Waals surface area (Å²) < 4.78 is 41.9. The van der Waals surface area contributed by atoms with Gasteiger partial charge in [0.1, 0.15) is 12.7 Å². The van der Waals surface area contributed by atoms with E-state index in [2.05, 4.69) is 20.9 Å². The molecular weight excluding hydrogens is 445 g/mol. The van der Waals surface area contributed by atoms with Crippen molar-refractivity contribution in [1.29, 1.82) is 10.5 Å². The molecule has 1 aliphatic heterocycles. The van der Waals surface area contributed by atoms with Gasteiger partial charge in [-0.25, -0.2) is 22.2 Å². The molecule has 0 amide bonds. The van der Waals surface area contributed by atoms with E-state index in [0.717, 1.165) is 0 Å². The van der Waals surface area contributed by atoms with Crippen molar-refractivity contribution in [1.82, 2.24) is 19.5 Å². The summed E-state index contributed by atoms with van der Waals surface area (Å²) in [6.45, 7) is 1.03. The van der Waals surface area contributed by atoms with Gasteiger partial charge in [-0.1, -0.05) is 24.3 Å². The van der Waals surface area contributed by atoms with E-state index in [1.54, 1.807) is 60.4 Å². The molecule has 2 heterocycles. The number of nitrogens with one attached hydrogen (secondary N) is 1. The van der Waals surface area contributed by atoms with Gasteiger partial charge in [-0.15, -0.1) is 5.10 Å². The number of halogens is 1. The molecule has 33 heavy (non-hydrogen) atoms. The van der Waals surface area contributed by atoms with Crippen molar-refractivity contribution < 1.29 is 12.8 Å². The highest BCUT2D eigenvalue weighted by Crippen LogP contribution is 2.42. The molecule has 11 heteroatoms. The van der Waals surface area contributed by atoms with Crippen molar-refractivity contribution in [2.24, 2.45) is 0 Å². The maximum Gasteiger partial charge on any atom is 0.284 e. The number of aromatic nitrogens is 3. The van der Waals surface area contributed by atoms with Crippen LogP contribution in [0.15, 0.2) is 65.0 Å². The lowest BCUT2D eigenvalue weighted by Gasteiger charge is -2.34. The smallest absolute Gasteiger partial charge is 0.282 e. The molecule has 3 aromatic rings. The first-order chi connectivity index (χ1) is 15.8. The van der Waals surface area contributed by atoms with Gasteiger partial charge in [-0.05, 0) is 49.4 Å². The van der Waals surface area contributed by atoms with E-state index in [1.165, 1.54) is 11.7 Å². The van der Waals surface area contributed by atoms with Gasteiger partial charge >= 0.3 is 0 Å². The molecule has 1 aromatic heterocycles. The second-order valence-corrected chi connectivity index (χ2v) is 9.01. The molecule has 1 atom stereocenters. The van der Waals surface area contributed by atoms with Crippen LogP contribution in [-0.2, 0) is 16.7 Å². The molecular formula is C22H18FN7O2S. The quantitative estimate of drug-likeness (QED) is 0.616. The van der Waals surface area contributed by atoms with Crippen LogP contribution in [-0.4, -0.2) is 30.2 Å². The number of hydrogen-bond donors (Lipinski definition) is 1. The van der Waals surface area contributed by atoms with Gasteiger partial charge in [-0.3, -0.25) is 4.90 Å². The molecule has 2 aromatic carbocycles. The lowest BCUT2D eigenvalue weighted by molar-refractivity contribution is 0.485. The Labute approximate surface area is 190 Å². The van der Waals surface area contributed by atoms with Crippen molar-refractivity contribution >= 4 is 21.7 Å². The van der Waals surface area contributed by atoms with Gasteiger partial charge in [-0.2, -0.15) is 15.5 Å². The van der Waals surface area contributed by atoms with Crippen LogP contribution in [0.2, 0.25) is 0 Å². The zero-order valence-corrected chi connectivity index (χ0v) is 18.5. The minimum absolute atomic E-state index is 0.158. The minimum atomic E-state index is -3.99. The first-order valence-corrected chi connectivity index (χ1v) is 11.3. The number of rotatable bonds is 5. The highest BCUT2D eigenvalue weighted by atomic mass is 32.2. The molecule has 1 N–H and O–H groups in total. The van der Waals surface area contributed by atoms with E-state index in [1.807, 2.05) is 6.07 Å². The normalized spacial score (nSPS) is 15.7. The van der Waals surface area contributed by atoms with Gasteiger partial charge in [0.25, 0.3) is 15.2 Å². The summed E-state index contributed by atoms with van der Waals surface area (Å²) in [5.74, 6) is 0.158. The third kappa shape index (κ3) is 3.74. The topological polar surface area (TPSA) is 128 Å². The fourth-order valence-corrected chi connectivity index (χ4v) is 4.27. The average molecular weight is 463 g/mol. The number of hydrogen-bond acceptors (Lipinski definition) is 7. The van der Waals surface area contributed by atoms with Crippen LogP contribution in [0.5, 0.6) is 0 Å². The number of nitrogens with zero attached hydrogens (tertiary/aromatic N) is 6. The molecule has 166 valence electrons. The van der Waals surface area contributed by atoms with Crippen molar-refractivity contribution in [2.45, 2.75) is 24.8 Å². The molecule has 0 aliphatic carbocycles. The number of benzene rings is 2. The number of allylic oxidation sites excluding steroid dienone is 2. The molecule has 0 saturated carbocycles. The van der Waals surface area contributed by atoms with E-state index in [9.17, 15) is 18.1 Å². The molecule has 1 aliphatic rings. The van der Waals surface area contributed by atoms with Gasteiger partial charge in [0, 0.05) is 11.4 Å². The lowest BCUT2D eigenvalue weighted by atomic mass is 9.95. The van der Waals surface area contributed by atoms with E-state index in [-0.39, 0.29) is 5.95 Å². The lowest BCUT2D eigenvalue weighted by Crippen LogP contribution is -2.31. The first-order valence-electron chi connectivity index (χ1n) is 9.80. The van der Waals surface area contributed by atoms with Gasteiger partial charge in [0.05, 0.1) is 23.3 Å². The Balaban J connectivity index is 2.01. The molecule has 0 bridgehead atoms. The van der Waals surface area contributed by atoms with E-state index >= 15 is 0 Å². The summed E-state index contributed by atoms with van der Waals surface area (Å²) in [4.78, 5) is 5.86. The zero-order valence-electron chi connectivity index (χ0n) is 17.7. The Hall–Kier alpha value is -4.06. The summed E-state index contributed by atoms with van der Waals surface area (Å²) in [5, 5.41) is 22.9. The van der Waals surface area contributed by atoms with Crippen LogP contribution in [0.4, 0.5) is 16.0 Å². The summed E-state index contributed by atoms with van der Waals surface area (Å²) in [6, 6.07) is 16.7. The third-order valence-electron chi connectivity index (χ3n) is 5.35. The summed E-state index contributed by atoms with van der Waals surface area (Å²) in [7, 11) is -2.74. The predicted molar refractivity (Wildman–Crippen MR) is 117 cm³/mol. The van der Waals surface area contributed by atoms with Crippen LogP contribution >= 0.6 is 0 Å². The first kappa shape index (κ1) is 22.1. The van der Waals surface area contributed by atoms with Crippen molar-refractivity contribution in [3.63, 3.8) is 0 Å². The number of nitriles is 2. The monoisotopic (exact) mass is 463 g/mol. The molecule has 0 fully saturated rings. The number of fused-ring (bicyclic) bond motifs is 1. The highest BCUT2D eigenvalue weighted by molar-refractivity contribution is 7.89. The van der Waals surface area contributed by atoms with E-state index in [4.69, 9.17) is 5.26 Å². The zero-order chi connectivity index (χ0) is 23.8. The van der Waals surface area contributed by atoms with Crippen molar-refractivity contribution in [2.75, 3.05) is 11.9 Å². The highest BCUT2D eigenvalue weighted by Gasteiger charge is 2.37. The van der Waals surface area contributed by atoms with Crippen LogP contribution in [0.25, 0.3) is 0 Å². The van der Waals surface area contributed by atoms with Crippen LogP contribution < -0.4 is 9.62 Å². The average Bonchev–Trinajstić information content (AvgIpc) is 3.29. The van der Waals surface area contributed by atoms with Crippen molar-refractivity contribution in [3.05, 3.63) is 76.5 Å². The van der Waals surface area contributed by atoms with E-state index < -0.39 is 27.9 Å². The van der Waals surface area contributed by atoms with Gasteiger partial charge in [0.15, 0.2) is 0 Å². The second-order valence-electron chi connectivity index (χ2n) is 7.23. The SMILES string of the molecule is CNS(=O)(=O)c1nc2n(n1)[C@H](c1ccc(C#N)cc1)C(C#N)=C(C)N2c1cccc(CF)c1. The Morgan fingerprint density at radius 3 is 2.48 bits per heavy atom. The van der Waals surface area contributed by atoms with E-state index in [0.29, 0.717) is 33.6 Å². The van der Waals surface area contributed by atoms with Crippen molar-refractivity contribution in [3.8, 4) is 12.1 Å². The Morgan fingerprint density at radius 2 is 1.88 bits per heavy atom. The fraction of sp³-hybridized carbons (Fsp3) is 0.182. The largest absolute Gasteiger partial charge is 0.284 e. The fourth-order valence-electron chi connectivity index (χ4n) is 3.70. The number of anilines is 2. The Morgan fingerprint density at radius 1 is 1.15 bits per heavy atom. The Kier molecular flexibility index (Phi) is 5.68. The van der Waals surface area contributed by atoms with Gasteiger partial charge in [0.2, 0.25) is 5.95 Å². The van der Waals surface area contributed by atoms with Crippen LogP contribution in [0.1, 0.15) is 29.7 Å². The molecule has 0 saturated heterocycles. The van der Waals surface area contributed by atoms with Gasteiger partial charge < -0.3 is 0 Å². The molecule has 0 unspecified atom stereocenters. The standard InChI is InChI=1S/C22H18FN7O2S/c1-14-19(13-25)20(17-8-6-15(12-24)7-9-17)30-22(27-21(28-30)33(31,32)26-2)29(14)18-5-3-4-16(10-18)11-23/h3-10,20,26H,11H2,1-2H3/t20-/m1/s1. The predicted octanol–water partition coefficient (Wildman–Crippen LogP) is 3.07. The molecule has 0 spiro atoms. The van der Waals surface area contributed by atoms with Crippen LogP contribution in [0, 0.1) is 22.7 Å². The molecule has 0 radical (unpaired) electrons. The maximum atomic E-state index is 13.3. The molecule has 9 nitrogen and oxygen atoms in total. The number of alkyl halides is 1. The van der Waals surface area contributed by atoms with Crippen LogP contribution in [0.3, 0.4) is 0 Å². The summed E-state index contributed by atoms with van der Waals surface area (Å²) in [6.07, 6.45) is 0. The minimum Gasteiger partial charge on any atom is -0.282 e. The summed E-state index contributed by atoms with van der Waals surface area (Å²) in [5.41, 5.74) is 2.79. The number of sulfonamides is 1. The maximum absolute atomic E-state index is 13.3. The Bertz CT molecular complexity index is 1450. The third-order valence-corrected chi connectivity index (χ3v) is 6.54.